The molecule has 1 unspecified atom stereocenters. The lowest BCUT2D eigenvalue weighted by atomic mass is 10.1. The number of nitrogens with one attached hydrogen (secondary N) is 1. The number of alkyl halides is 3. The van der Waals surface area contributed by atoms with Crippen LogP contribution in [0.1, 0.15) is 30.9 Å². The molecule has 1 saturated heterocycles. The Bertz CT molecular complexity index is 735. The van der Waals surface area contributed by atoms with Crippen LogP contribution in [0.2, 0.25) is 0 Å². The van der Waals surface area contributed by atoms with Crippen LogP contribution in [-0.4, -0.2) is 38.4 Å². The molecule has 0 amide bonds. The second kappa shape index (κ2) is 7.09. The Morgan fingerprint density at radius 2 is 2.12 bits per heavy atom. The van der Waals surface area contributed by atoms with Crippen LogP contribution >= 0.6 is 0 Å². The fourth-order valence-electron chi connectivity index (χ4n) is 2.76. The molecule has 1 atom stereocenters. The fraction of sp³-hybridized carbons (Fsp3) is 0.533. The average Bonchev–Trinajstić information content (AvgIpc) is 3.04. The first-order chi connectivity index (χ1) is 11.2. The normalized spacial score (nSPS) is 18.8. The van der Waals surface area contributed by atoms with Crippen molar-refractivity contribution in [2.75, 3.05) is 19.6 Å². The minimum absolute atomic E-state index is 0.234. The molecule has 1 aromatic rings. The van der Waals surface area contributed by atoms with E-state index in [-0.39, 0.29) is 17.5 Å². The molecule has 1 aliphatic heterocycles. The van der Waals surface area contributed by atoms with Gasteiger partial charge in [0, 0.05) is 19.1 Å². The van der Waals surface area contributed by atoms with E-state index in [4.69, 9.17) is 5.26 Å². The van der Waals surface area contributed by atoms with Crippen LogP contribution in [0, 0.1) is 11.3 Å². The summed E-state index contributed by atoms with van der Waals surface area (Å²) in [4.78, 5) is -0.285. The number of nitrogens with zero attached hydrogens (tertiary/aromatic N) is 2. The van der Waals surface area contributed by atoms with Gasteiger partial charge in [-0.25, -0.2) is 8.42 Å². The number of sulfonamides is 1. The van der Waals surface area contributed by atoms with Crippen molar-refractivity contribution in [1.29, 1.82) is 5.26 Å². The lowest BCUT2D eigenvalue weighted by molar-refractivity contribution is -0.137. The standard InChI is InChI=1S/C15H18F3N3O2S/c1-2-7-21(12-5-6-20-10-12)24(22,23)13-3-4-14(15(16,17)18)11(8-13)9-19/h3-4,8,12,20H,2,5-7,10H2,1H3. The molecule has 1 aromatic carbocycles. The van der Waals surface area contributed by atoms with Gasteiger partial charge < -0.3 is 5.32 Å². The van der Waals surface area contributed by atoms with E-state index < -0.39 is 27.3 Å². The molecule has 0 bridgehead atoms. The number of benzene rings is 1. The molecule has 132 valence electrons. The van der Waals surface area contributed by atoms with Crippen LogP contribution in [-0.2, 0) is 16.2 Å². The number of halogens is 3. The zero-order valence-corrected chi connectivity index (χ0v) is 13.9. The van der Waals surface area contributed by atoms with E-state index in [0.29, 0.717) is 32.0 Å². The van der Waals surface area contributed by atoms with Crippen LogP contribution in [0.5, 0.6) is 0 Å². The van der Waals surface area contributed by atoms with Gasteiger partial charge in [-0.2, -0.15) is 22.7 Å². The highest BCUT2D eigenvalue weighted by atomic mass is 32.2. The summed E-state index contributed by atoms with van der Waals surface area (Å²) in [5.74, 6) is 0. The van der Waals surface area contributed by atoms with Gasteiger partial charge in [0.15, 0.2) is 0 Å². The molecular weight excluding hydrogens is 343 g/mol. The highest BCUT2D eigenvalue weighted by Crippen LogP contribution is 2.33. The molecule has 0 aliphatic carbocycles. The first-order valence-corrected chi connectivity index (χ1v) is 8.99. The highest BCUT2D eigenvalue weighted by molar-refractivity contribution is 7.89. The Balaban J connectivity index is 2.46. The second-order valence-corrected chi connectivity index (χ2v) is 7.47. The van der Waals surface area contributed by atoms with Crippen molar-refractivity contribution < 1.29 is 21.6 Å². The Hall–Kier alpha value is -1.63. The third kappa shape index (κ3) is 3.71. The van der Waals surface area contributed by atoms with E-state index in [2.05, 4.69) is 5.32 Å². The molecule has 5 nitrogen and oxygen atoms in total. The quantitative estimate of drug-likeness (QED) is 0.874. The number of hydrogen-bond donors (Lipinski definition) is 1. The van der Waals surface area contributed by atoms with Gasteiger partial charge in [0.05, 0.1) is 22.1 Å². The van der Waals surface area contributed by atoms with E-state index >= 15 is 0 Å². The predicted octanol–water partition coefficient (Wildman–Crippen LogP) is 2.34. The lowest BCUT2D eigenvalue weighted by Gasteiger charge is -2.27. The smallest absolute Gasteiger partial charge is 0.315 e. The molecule has 9 heteroatoms. The first kappa shape index (κ1) is 18.7. The lowest BCUT2D eigenvalue weighted by Crippen LogP contribution is -2.42. The summed E-state index contributed by atoms with van der Waals surface area (Å²) in [6, 6.07) is 3.59. The summed E-state index contributed by atoms with van der Waals surface area (Å²) in [5, 5.41) is 12.0. The molecule has 0 spiro atoms. The molecule has 2 rings (SSSR count). The van der Waals surface area contributed by atoms with Crippen molar-refractivity contribution in [3.63, 3.8) is 0 Å². The van der Waals surface area contributed by atoms with E-state index in [1.165, 1.54) is 10.4 Å². The molecular formula is C15H18F3N3O2S. The first-order valence-electron chi connectivity index (χ1n) is 7.55. The molecule has 0 aromatic heterocycles. The minimum atomic E-state index is -4.70. The van der Waals surface area contributed by atoms with Crippen LogP contribution in [0.3, 0.4) is 0 Å². The molecule has 24 heavy (non-hydrogen) atoms. The van der Waals surface area contributed by atoms with Crippen LogP contribution < -0.4 is 5.32 Å². The van der Waals surface area contributed by atoms with Crippen molar-refractivity contribution in [2.24, 2.45) is 0 Å². The van der Waals surface area contributed by atoms with Gasteiger partial charge in [0.1, 0.15) is 0 Å². The third-order valence-corrected chi connectivity index (χ3v) is 5.86. The second-order valence-electron chi connectivity index (χ2n) is 5.58. The SMILES string of the molecule is CCCN(C1CCNC1)S(=O)(=O)c1ccc(C(F)(F)F)c(C#N)c1. The van der Waals surface area contributed by atoms with Gasteiger partial charge in [-0.05, 0) is 37.6 Å². The van der Waals surface area contributed by atoms with Gasteiger partial charge in [0.25, 0.3) is 0 Å². The van der Waals surface area contributed by atoms with E-state index in [9.17, 15) is 21.6 Å². The maximum absolute atomic E-state index is 12.9. The van der Waals surface area contributed by atoms with Crippen molar-refractivity contribution in [2.45, 2.75) is 36.9 Å². The van der Waals surface area contributed by atoms with Crippen molar-refractivity contribution in [3.8, 4) is 6.07 Å². The van der Waals surface area contributed by atoms with E-state index in [1.807, 2.05) is 6.92 Å². The summed E-state index contributed by atoms with van der Waals surface area (Å²) < 4.78 is 65.6. The van der Waals surface area contributed by atoms with Crippen molar-refractivity contribution >= 4 is 10.0 Å². The van der Waals surface area contributed by atoms with Gasteiger partial charge >= 0.3 is 6.18 Å². The third-order valence-electron chi connectivity index (χ3n) is 3.91. The molecule has 1 fully saturated rings. The Morgan fingerprint density at radius 1 is 1.42 bits per heavy atom. The van der Waals surface area contributed by atoms with Gasteiger partial charge in [-0.15, -0.1) is 0 Å². The Kier molecular flexibility index (Phi) is 5.52. The van der Waals surface area contributed by atoms with Gasteiger partial charge in [-0.1, -0.05) is 6.92 Å². The maximum Gasteiger partial charge on any atom is 0.417 e. The largest absolute Gasteiger partial charge is 0.417 e. The van der Waals surface area contributed by atoms with E-state index in [0.717, 1.165) is 12.1 Å². The Labute approximate surface area is 139 Å². The average molecular weight is 361 g/mol. The van der Waals surface area contributed by atoms with E-state index in [1.54, 1.807) is 0 Å². The van der Waals surface area contributed by atoms with Crippen LogP contribution in [0.25, 0.3) is 0 Å². The number of hydrogen-bond acceptors (Lipinski definition) is 4. The summed E-state index contributed by atoms with van der Waals surface area (Å²) in [7, 11) is -3.97. The molecule has 0 radical (unpaired) electrons. The van der Waals surface area contributed by atoms with Crippen LogP contribution in [0.4, 0.5) is 13.2 Å². The summed E-state index contributed by atoms with van der Waals surface area (Å²) in [5.41, 5.74) is -1.82. The topological polar surface area (TPSA) is 73.2 Å². The maximum atomic E-state index is 12.9. The zero-order valence-electron chi connectivity index (χ0n) is 13.1. The zero-order chi connectivity index (χ0) is 18.0. The molecule has 1 heterocycles. The predicted molar refractivity (Wildman–Crippen MR) is 81.6 cm³/mol. The highest BCUT2D eigenvalue weighted by Gasteiger charge is 2.36. The van der Waals surface area contributed by atoms with Crippen molar-refractivity contribution in [1.82, 2.24) is 9.62 Å². The molecule has 0 saturated carbocycles. The fourth-order valence-corrected chi connectivity index (χ4v) is 4.54. The van der Waals surface area contributed by atoms with Crippen molar-refractivity contribution in [3.05, 3.63) is 29.3 Å². The summed E-state index contributed by atoms with van der Waals surface area (Å²) >= 11 is 0. The number of rotatable bonds is 5. The summed E-state index contributed by atoms with van der Waals surface area (Å²) in [6.07, 6.45) is -3.47. The van der Waals surface area contributed by atoms with Crippen LogP contribution in [0.15, 0.2) is 23.1 Å². The monoisotopic (exact) mass is 361 g/mol. The summed E-state index contributed by atoms with van der Waals surface area (Å²) in [6.45, 7) is 3.30. The number of nitriles is 1. The van der Waals surface area contributed by atoms with Gasteiger partial charge in [0.2, 0.25) is 10.0 Å². The minimum Gasteiger partial charge on any atom is -0.315 e. The Morgan fingerprint density at radius 3 is 2.62 bits per heavy atom. The molecule has 1 N–H and O–H groups in total. The molecule has 1 aliphatic rings. The van der Waals surface area contributed by atoms with Gasteiger partial charge in [-0.3, -0.25) is 0 Å².